The third-order valence-corrected chi connectivity index (χ3v) is 2.35. The largest absolute Gasteiger partial charge is 0.494 e. The van der Waals surface area contributed by atoms with Gasteiger partial charge in [-0.2, -0.15) is 5.10 Å². The van der Waals surface area contributed by atoms with Crippen LogP contribution in [0.25, 0.3) is 0 Å². The maximum Gasteiger partial charge on any atom is 0.256 e. The molecule has 0 unspecified atom stereocenters. The Morgan fingerprint density at radius 2 is 2.28 bits per heavy atom. The summed E-state index contributed by atoms with van der Waals surface area (Å²) in [5.74, 6) is 0.991. The van der Waals surface area contributed by atoms with Gasteiger partial charge >= 0.3 is 0 Å². The smallest absolute Gasteiger partial charge is 0.256 e. The van der Waals surface area contributed by atoms with Gasteiger partial charge in [0.25, 0.3) is 5.91 Å². The number of anilines is 1. The predicted octanol–water partition coefficient (Wildman–Crippen LogP) is 2.37. The molecule has 0 aliphatic rings. The molecule has 0 aliphatic heterocycles. The summed E-state index contributed by atoms with van der Waals surface area (Å²) in [5.41, 5.74) is 1.44. The van der Waals surface area contributed by atoms with Gasteiger partial charge in [-0.25, -0.2) is 0 Å². The van der Waals surface area contributed by atoms with Gasteiger partial charge in [0.05, 0.1) is 6.61 Å². The number of carbonyl (C=O) groups excluding carboxylic acids is 1. The Labute approximate surface area is 105 Å². The van der Waals surface area contributed by atoms with E-state index in [1.54, 1.807) is 24.3 Å². The summed E-state index contributed by atoms with van der Waals surface area (Å²) in [7, 11) is 0. The zero-order chi connectivity index (χ0) is 13.0. The third kappa shape index (κ3) is 2.88. The Balaban J connectivity index is 2.11. The van der Waals surface area contributed by atoms with Gasteiger partial charge in [0, 0.05) is 17.3 Å². The summed E-state index contributed by atoms with van der Waals surface area (Å²) in [6.07, 6.45) is 0. The number of amides is 1. The lowest BCUT2D eigenvalue weighted by molar-refractivity contribution is 0.102. The number of ether oxygens (including phenoxy) is 1. The van der Waals surface area contributed by atoms with E-state index in [2.05, 4.69) is 15.5 Å². The average Bonchev–Trinajstić information content (AvgIpc) is 2.75. The molecule has 0 spiro atoms. The topological polar surface area (TPSA) is 67.0 Å². The molecule has 0 aliphatic carbocycles. The number of hydrogen-bond acceptors (Lipinski definition) is 3. The van der Waals surface area contributed by atoms with Crippen molar-refractivity contribution in [3.63, 3.8) is 0 Å². The maximum absolute atomic E-state index is 12.0. The highest BCUT2D eigenvalue weighted by Gasteiger charge is 2.08. The highest BCUT2D eigenvalue weighted by Crippen LogP contribution is 2.14. The van der Waals surface area contributed by atoms with Crippen molar-refractivity contribution in [2.75, 3.05) is 11.9 Å². The van der Waals surface area contributed by atoms with Crippen LogP contribution >= 0.6 is 0 Å². The van der Waals surface area contributed by atoms with Gasteiger partial charge in [0.15, 0.2) is 5.82 Å². The molecule has 0 bridgehead atoms. The molecule has 1 amide bonds. The molecule has 0 saturated carbocycles. The Bertz CT molecular complexity index is 549. The lowest BCUT2D eigenvalue weighted by Gasteiger charge is -2.05. The zero-order valence-corrected chi connectivity index (χ0v) is 10.4. The molecule has 1 heterocycles. The van der Waals surface area contributed by atoms with E-state index >= 15 is 0 Å². The van der Waals surface area contributed by atoms with Crippen molar-refractivity contribution in [1.29, 1.82) is 0 Å². The fourth-order valence-corrected chi connectivity index (χ4v) is 1.56. The molecule has 18 heavy (non-hydrogen) atoms. The number of H-pyrrole nitrogens is 1. The second-order valence-corrected chi connectivity index (χ2v) is 3.85. The van der Waals surface area contributed by atoms with Gasteiger partial charge in [0.1, 0.15) is 5.75 Å². The molecule has 0 fully saturated rings. The van der Waals surface area contributed by atoms with Crippen molar-refractivity contribution in [3.8, 4) is 5.75 Å². The Hall–Kier alpha value is -2.30. The van der Waals surface area contributed by atoms with E-state index in [0.29, 0.717) is 23.7 Å². The average molecular weight is 245 g/mol. The molecule has 94 valence electrons. The fraction of sp³-hybridized carbons (Fsp3) is 0.231. The predicted molar refractivity (Wildman–Crippen MR) is 68.9 cm³/mol. The molecule has 2 aromatic rings. The van der Waals surface area contributed by atoms with Gasteiger partial charge in [-0.3, -0.25) is 9.89 Å². The van der Waals surface area contributed by atoms with E-state index in [1.165, 1.54) is 0 Å². The van der Waals surface area contributed by atoms with Gasteiger partial charge in [0.2, 0.25) is 0 Å². The number of aromatic nitrogens is 2. The first kappa shape index (κ1) is 12.2. The summed E-state index contributed by atoms with van der Waals surface area (Å²) in [6, 6.07) is 8.81. The zero-order valence-electron chi connectivity index (χ0n) is 10.4. The van der Waals surface area contributed by atoms with Crippen LogP contribution in [0, 0.1) is 6.92 Å². The number of nitrogens with one attached hydrogen (secondary N) is 2. The number of benzene rings is 1. The first-order valence-corrected chi connectivity index (χ1v) is 5.75. The van der Waals surface area contributed by atoms with E-state index in [9.17, 15) is 4.79 Å². The van der Waals surface area contributed by atoms with Crippen molar-refractivity contribution < 1.29 is 9.53 Å². The number of aromatic amines is 1. The molecule has 0 atom stereocenters. The third-order valence-electron chi connectivity index (χ3n) is 2.35. The van der Waals surface area contributed by atoms with Crippen LogP contribution in [0.2, 0.25) is 0 Å². The van der Waals surface area contributed by atoms with Crippen LogP contribution in [0.4, 0.5) is 5.82 Å². The van der Waals surface area contributed by atoms with Crippen LogP contribution in [0.5, 0.6) is 5.75 Å². The van der Waals surface area contributed by atoms with Gasteiger partial charge in [-0.15, -0.1) is 0 Å². The molecular formula is C13H15N3O2. The van der Waals surface area contributed by atoms with E-state index in [1.807, 2.05) is 19.9 Å². The lowest BCUT2D eigenvalue weighted by atomic mass is 10.2. The molecule has 1 aromatic carbocycles. The maximum atomic E-state index is 12.0. The monoisotopic (exact) mass is 245 g/mol. The Morgan fingerprint density at radius 1 is 1.44 bits per heavy atom. The van der Waals surface area contributed by atoms with Gasteiger partial charge in [-0.1, -0.05) is 6.07 Å². The second kappa shape index (κ2) is 5.35. The fourth-order valence-electron chi connectivity index (χ4n) is 1.56. The van der Waals surface area contributed by atoms with Gasteiger partial charge in [-0.05, 0) is 32.0 Å². The molecule has 0 radical (unpaired) electrons. The molecule has 0 saturated heterocycles. The number of hydrogen-bond donors (Lipinski definition) is 2. The highest BCUT2D eigenvalue weighted by molar-refractivity contribution is 6.04. The number of aryl methyl sites for hydroxylation is 1. The van der Waals surface area contributed by atoms with Crippen molar-refractivity contribution in [1.82, 2.24) is 10.2 Å². The summed E-state index contributed by atoms with van der Waals surface area (Å²) in [4.78, 5) is 12.0. The number of rotatable bonds is 4. The molecule has 5 heteroatoms. The molecule has 2 rings (SSSR count). The van der Waals surface area contributed by atoms with Crippen LogP contribution in [0.3, 0.4) is 0 Å². The van der Waals surface area contributed by atoms with Crippen molar-refractivity contribution in [2.24, 2.45) is 0 Å². The minimum atomic E-state index is -0.206. The molecule has 2 N–H and O–H groups in total. The SMILES string of the molecule is CCOc1cccc(C(=O)Nc2cc(C)[nH]n2)c1. The normalized spacial score (nSPS) is 10.1. The van der Waals surface area contributed by atoms with Crippen molar-refractivity contribution >= 4 is 11.7 Å². The minimum absolute atomic E-state index is 0.206. The highest BCUT2D eigenvalue weighted by atomic mass is 16.5. The molecule has 5 nitrogen and oxygen atoms in total. The lowest BCUT2D eigenvalue weighted by Crippen LogP contribution is -2.12. The van der Waals surface area contributed by atoms with Crippen molar-refractivity contribution in [2.45, 2.75) is 13.8 Å². The number of carbonyl (C=O) groups is 1. The van der Waals surface area contributed by atoms with Crippen LogP contribution in [0.15, 0.2) is 30.3 Å². The molecule has 1 aromatic heterocycles. The summed E-state index contributed by atoms with van der Waals surface area (Å²) in [5, 5.41) is 9.43. The van der Waals surface area contributed by atoms with E-state index < -0.39 is 0 Å². The summed E-state index contributed by atoms with van der Waals surface area (Å²) >= 11 is 0. The quantitative estimate of drug-likeness (QED) is 0.869. The van der Waals surface area contributed by atoms with E-state index in [0.717, 1.165) is 5.69 Å². The standard InChI is InChI=1S/C13H15N3O2/c1-3-18-11-6-4-5-10(8-11)13(17)14-12-7-9(2)15-16-12/h4-8H,3H2,1-2H3,(H2,14,15,16,17). The van der Waals surface area contributed by atoms with Crippen LogP contribution in [0.1, 0.15) is 23.0 Å². The first-order chi connectivity index (χ1) is 8.69. The Morgan fingerprint density at radius 3 is 2.94 bits per heavy atom. The minimum Gasteiger partial charge on any atom is -0.494 e. The second-order valence-electron chi connectivity index (χ2n) is 3.85. The van der Waals surface area contributed by atoms with E-state index in [-0.39, 0.29) is 5.91 Å². The Kier molecular flexibility index (Phi) is 3.62. The van der Waals surface area contributed by atoms with E-state index in [4.69, 9.17) is 4.74 Å². The first-order valence-electron chi connectivity index (χ1n) is 5.75. The van der Waals surface area contributed by atoms with Crippen molar-refractivity contribution in [3.05, 3.63) is 41.6 Å². The van der Waals surface area contributed by atoms with Gasteiger partial charge < -0.3 is 10.1 Å². The summed E-state index contributed by atoms with van der Waals surface area (Å²) < 4.78 is 5.35. The van der Waals surface area contributed by atoms with Crippen LogP contribution < -0.4 is 10.1 Å². The number of nitrogens with zero attached hydrogens (tertiary/aromatic N) is 1. The summed E-state index contributed by atoms with van der Waals surface area (Å²) in [6.45, 7) is 4.35. The molecular weight excluding hydrogens is 230 g/mol. The van der Waals surface area contributed by atoms with Crippen LogP contribution in [-0.2, 0) is 0 Å². The van der Waals surface area contributed by atoms with Crippen LogP contribution in [-0.4, -0.2) is 22.7 Å².